The third-order valence-corrected chi connectivity index (χ3v) is 3.41. The Bertz CT molecular complexity index is 393. The van der Waals surface area contributed by atoms with Crippen LogP contribution in [0.25, 0.3) is 0 Å². The molecule has 4 heteroatoms. The molecular weight excluding hydrogens is 242 g/mol. The highest BCUT2D eigenvalue weighted by molar-refractivity contribution is 5.42. The zero-order chi connectivity index (χ0) is 14.4. The van der Waals surface area contributed by atoms with Gasteiger partial charge in [0.05, 0.1) is 7.11 Å². The van der Waals surface area contributed by atoms with E-state index in [1.54, 1.807) is 13.2 Å². The average Bonchev–Trinajstić information content (AvgIpc) is 2.38. The number of rotatable bonds is 7. The molecule has 3 N–H and O–H groups in total. The quantitative estimate of drug-likeness (QED) is 0.710. The summed E-state index contributed by atoms with van der Waals surface area (Å²) in [6.45, 7) is 6.52. The molecule has 1 rings (SSSR count). The van der Waals surface area contributed by atoms with Crippen LogP contribution in [0.1, 0.15) is 38.8 Å². The summed E-state index contributed by atoms with van der Waals surface area (Å²) in [4.78, 5) is 0. The minimum absolute atomic E-state index is 0.133. The van der Waals surface area contributed by atoms with E-state index in [0.29, 0.717) is 11.7 Å². The van der Waals surface area contributed by atoms with Crippen molar-refractivity contribution in [2.75, 3.05) is 13.7 Å². The maximum atomic E-state index is 9.59. The Morgan fingerprint density at radius 3 is 2.47 bits per heavy atom. The molecule has 1 aromatic carbocycles. The molecule has 0 saturated heterocycles. The van der Waals surface area contributed by atoms with E-state index in [0.717, 1.165) is 12.0 Å². The number of methoxy groups -OCH3 is 1. The van der Waals surface area contributed by atoms with Gasteiger partial charge in [0.2, 0.25) is 0 Å². The van der Waals surface area contributed by atoms with Gasteiger partial charge in [0, 0.05) is 18.7 Å². The fourth-order valence-electron chi connectivity index (χ4n) is 2.13. The van der Waals surface area contributed by atoms with Gasteiger partial charge in [-0.25, -0.2) is 0 Å². The summed E-state index contributed by atoms with van der Waals surface area (Å²) >= 11 is 0. The Balaban J connectivity index is 2.78. The molecule has 0 amide bonds. The summed E-state index contributed by atoms with van der Waals surface area (Å²) in [6.07, 6.45) is 0.733. The second-order valence-corrected chi connectivity index (χ2v) is 5.18. The van der Waals surface area contributed by atoms with Gasteiger partial charge in [0.25, 0.3) is 0 Å². The number of hydrogen-bond donors (Lipinski definition) is 3. The number of aliphatic hydroxyl groups excluding tert-OH is 1. The molecule has 0 aliphatic heterocycles. The smallest absolute Gasteiger partial charge is 0.160 e. The number of hydrogen-bond acceptors (Lipinski definition) is 4. The van der Waals surface area contributed by atoms with Crippen molar-refractivity contribution >= 4 is 0 Å². The van der Waals surface area contributed by atoms with Gasteiger partial charge in [-0.15, -0.1) is 0 Å². The molecule has 0 aliphatic rings. The van der Waals surface area contributed by atoms with Crippen molar-refractivity contribution in [2.45, 2.75) is 39.3 Å². The minimum Gasteiger partial charge on any atom is -0.504 e. The Hall–Kier alpha value is -1.26. The lowest BCUT2D eigenvalue weighted by Crippen LogP contribution is -2.36. The second-order valence-electron chi connectivity index (χ2n) is 5.18. The zero-order valence-corrected chi connectivity index (χ0v) is 12.2. The zero-order valence-electron chi connectivity index (χ0n) is 12.2. The molecule has 4 nitrogen and oxygen atoms in total. The maximum absolute atomic E-state index is 9.59. The van der Waals surface area contributed by atoms with Gasteiger partial charge >= 0.3 is 0 Å². The van der Waals surface area contributed by atoms with Crippen LogP contribution in [0.3, 0.4) is 0 Å². The molecule has 2 unspecified atom stereocenters. The summed E-state index contributed by atoms with van der Waals surface area (Å²) < 4.78 is 5.12. The van der Waals surface area contributed by atoms with Gasteiger partial charge in [-0.05, 0) is 37.0 Å². The predicted molar refractivity (Wildman–Crippen MR) is 76.5 cm³/mol. The fraction of sp³-hybridized carbons (Fsp3) is 0.600. The molecule has 2 atom stereocenters. The van der Waals surface area contributed by atoms with Crippen LogP contribution in [0.5, 0.6) is 11.5 Å². The molecule has 0 aliphatic carbocycles. The molecule has 0 heterocycles. The van der Waals surface area contributed by atoms with E-state index in [2.05, 4.69) is 26.1 Å². The van der Waals surface area contributed by atoms with E-state index >= 15 is 0 Å². The van der Waals surface area contributed by atoms with Gasteiger partial charge in [0.1, 0.15) is 0 Å². The topological polar surface area (TPSA) is 61.7 Å². The number of aliphatic hydroxyl groups is 1. The van der Waals surface area contributed by atoms with Crippen LogP contribution in [-0.4, -0.2) is 30.0 Å². The van der Waals surface area contributed by atoms with Crippen LogP contribution < -0.4 is 10.1 Å². The molecule has 0 aromatic heterocycles. The van der Waals surface area contributed by atoms with Crippen molar-refractivity contribution in [3.63, 3.8) is 0 Å². The first kappa shape index (κ1) is 15.8. The summed E-state index contributed by atoms with van der Waals surface area (Å²) in [5.74, 6) is 1.08. The van der Waals surface area contributed by atoms with E-state index in [1.807, 2.05) is 12.1 Å². The SMILES string of the molecule is COc1cc(C(C)NC(CCO)C(C)C)ccc1O. The molecule has 0 radical (unpaired) electrons. The second kappa shape index (κ2) is 7.36. The lowest BCUT2D eigenvalue weighted by Gasteiger charge is -2.26. The first-order chi connectivity index (χ1) is 8.99. The Labute approximate surface area is 115 Å². The lowest BCUT2D eigenvalue weighted by molar-refractivity contribution is 0.237. The van der Waals surface area contributed by atoms with E-state index in [1.165, 1.54) is 0 Å². The van der Waals surface area contributed by atoms with E-state index in [9.17, 15) is 5.11 Å². The molecule has 108 valence electrons. The normalized spacial score (nSPS) is 14.4. The third kappa shape index (κ3) is 4.40. The standard InChI is InChI=1S/C15H25NO3/c1-10(2)13(7-8-17)16-11(3)12-5-6-14(18)15(9-12)19-4/h5-6,9-11,13,16-18H,7-8H2,1-4H3. The van der Waals surface area contributed by atoms with Gasteiger partial charge in [0.15, 0.2) is 11.5 Å². The summed E-state index contributed by atoms with van der Waals surface area (Å²) in [5.41, 5.74) is 1.05. The van der Waals surface area contributed by atoms with Crippen LogP contribution in [0.15, 0.2) is 18.2 Å². The molecule has 19 heavy (non-hydrogen) atoms. The third-order valence-electron chi connectivity index (χ3n) is 3.41. The largest absolute Gasteiger partial charge is 0.504 e. The highest BCUT2D eigenvalue weighted by atomic mass is 16.5. The van der Waals surface area contributed by atoms with E-state index in [-0.39, 0.29) is 24.4 Å². The van der Waals surface area contributed by atoms with Crippen molar-refractivity contribution in [3.8, 4) is 11.5 Å². The molecule has 0 bridgehead atoms. The first-order valence-electron chi connectivity index (χ1n) is 6.73. The first-order valence-corrected chi connectivity index (χ1v) is 6.73. The van der Waals surface area contributed by atoms with Crippen molar-refractivity contribution in [2.24, 2.45) is 5.92 Å². The number of benzene rings is 1. The van der Waals surface area contributed by atoms with Crippen molar-refractivity contribution in [3.05, 3.63) is 23.8 Å². The average molecular weight is 267 g/mol. The summed E-state index contributed by atoms with van der Waals surface area (Å²) in [5, 5.41) is 22.2. The molecule has 1 aromatic rings. The number of ether oxygens (including phenoxy) is 1. The highest BCUT2D eigenvalue weighted by Gasteiger charge is 2.17. The highest BCUT2D eigenvalue weighted by Crippen LogP contribution is 2.29. The van der Waals surface area contributed by atoms with E-state index in [4.69, 9.17) is 9.84 Å². The molecule has 0 spiro atoms. The van der Waals surface area contributed by atoms with Gasteiger partial charge < -0.3 is 20.3 Å². The maximum Gasteiger partial charge on any atom is 0.160 e. The van der Waals surface area contributed by atoms with Gasteiger partial charge in [-0.1, -0.05) is 19.9 Å². The Morgan fingerprint density at radius 2 is 1.95 bits per heavy atom. The van der Waals surface area contributed by atoms with Crippen LogP contribution in [0.2, 0.25) is 0 Å². The van der Waals surface area contributed by atoms with Crippen LogP contribution in [-0.2, 0) is 0 Å². The predicted octanol–water partition coefficient (Wildman–Crippen LogP) is 2.46. The molecule has 0 fully saturated rings. The lowest BCUT2D eigenvalue weighted by atomic mass is 9.98. The van der Waals surface area contributed by atoms with Crippen LogP contribution in [0.4, 0.5) is 0 Å². The number of phenolic OH excluding ortho intramolecular Hbond substituents is 1. The Kier molecular flexibility index (Phi) is 6.12. The van der Waals surface area contributed by atoms with Crippen LogP contribution >= 0.6 is 0 Å². The van der Waals surface area contributed by atoms with Gasteiger partial charge in [-0.3, -0.25) is 0 Å². The van der Waals surface area contributed by atoms with Crippen molar-refractivity contribution < 1.29 is 14.9 Å². The van der Waals surface area contributed by atoms with Crippen LogP contribution in [0, 0.1) is 5.92 Å². The van der Waals surface area contributed by atoms with Gasteiger partial charge in [-0.2, -0.15) is 0 Å². The van der Waals surface area contributed by atoms with E-state index < -0.39 is 0 Å². The van der Waals surface area contributed by atoms with Crippen molar-refractivity contribution in [1.82, 2.24) is 5.32 Å². The summed E-state index contributed by atoms with van der Waals surface area (Å²) in [6, 6.07) is 5.76. The Morgan fingerprint density at radius 1 is 1.26 bits per heavy atom. The monoisotopic (exact) mass is 267 g/mol. The number of nitrogens with one attached hydrogen (secondary N) is 1. The number of aromatic hydroxyl groups is 1. The minimum atomic E-state index is 0.133. The fourth-order valence-corrected chi connectivity index (χ4v) is 2.13. The molecular formula is C15H25NO3. The number of phenols is 1. The summed E-state index contributed by atoms with van der Waals surface area (Å²) in [7, 11) is 1.54. The van der Waals surface area contributed by atoms with Crippen molar-refractivity contribution in [1.29, 1.82) is 0 Å². The molecule has 0 saturated carbocycles.